The number of aromatic nitrogens is 3. The first kappa shape index (κ1) is 29.2. The monoisotopic (exact) mass is 536 g/mol. The first-order chi connectivity index (χ1) is 18.6. The summed E-state index contributed by atoms with van der Waals surface area (Å²) in [7, 11) is 4.46. The second kappa shape index (κ2) is 13.4. The standard InChI is InChI=1S/C28H36N6O5/c1-18(2)15-19-12-13-29-23-16-20(30-25(19)23)17-34-14-8-10-22(27(34)37)31-26(36)21(32-28(38)39-5)9-6-7-11-24(35)33(3)4/h7-8,10-14,16,18,21,30H,6,9,15,17H2,1-5H3,(H,31,36)(H,32,38). The first-order valence-electron chi connectivity index (χ1n) is 12.8. The van der Waals surface area contributed by atoms with Crippen molar-refractivity contribution in [2.75, 3.05) is 26.5 Å². The predicted octanol–water partition coefficient (Wildman–Crippen LogP) is 3.06. The van der Waals surface area contributed by atoms with Crippen molar-refractivity contribution in [1.29, 1.82) is 0 Å². The number of hydrogen-bond acceptors (Lipinski definition) is 6. The zero-order chi connectivity index (χ0) is 28.5. The van der Waals surface area contributed by atoms with Gasteiger partial charge in [-0.3, -0.25) is 19.4 Å². The molecule has 3 N–H and O–H groups in total. The summed E-state index contributed by atoms with van der Waals surface area (Å²) in [4.78, 5) is 59.0. The number of H-pyrrole nitrogens is 1. The molecule has 0 aliphatic carbocycles. The molecule has 3 aromatic rings. The molecule has 0 saturated heterocycles. The SMILES string of the molecule is COC(=O)NC(CCC=CC(=O)N(C)C)C(=O)Nc1cccn(Cc2cc3nccc(CC(C)C)c3[nH]2)c1=O. The van der Waals surface area contributed by atoms with Crippen LogP contribution in [0.15, 0.2) is 53.6 Å². The maximum absolute atomic E-state index is 13.2. The van der Waals surface area contributed by atoms with Crippen molar-refractivity contribution in [3.63, 3.8) is 0 Å². The lowest BCUT2D eigenvalue weighted by Gasteiger charge is -2.17. The molecule has 0 saturated carbocycles. The Bertz CT molecular complexity index is 1400. The molecule has 0 aromatic carbocycles. The van der Waals surface area contributed by atoms with Crippen LogP contribution >= 0.6 is 0 Å². The molecule has 39 heavy (non-hydrogen) atoms. The van der Waals surface area contributed by atoms with Gasteiger partial charge in [-0.1, -0.05) is 19.9 Å². The Balaban J connectivity index is 1.75. The van der Waals surface area contributed by atoms with Gasteiger partial charge in [0.25, 0.3) is 5.56 Å². The number of carbonyl (C=O) groups is 3. The first-order valence-corrected chi connectivity index (χ1v) is 12.8. The van der Waals surface area contributed by atoms with Crippen LogP contribution in [-0.2, 0) is 27.3 Å². The van der Waals surface area contributed by atoms with E-state index in [4.69, 9.17) is 0 Å². The summed E-state index contributed by atoms with van der Waals surface area (Å²) in [6.45, 7) is 4.57. The van der Waals surface area contributed by atoms with Crippen molar-refractivity contribution in [2.45, 2.75) is 45.7 Å². The Morgan fingerprint density at radius 2 is 2.00 bits per heavy atom. The molecule has 11 nitrogen and oxygen atoms in total. The number of aromatic amines is 1. The van der Waals surface area contributed by atoms with E-state index in [1.165, 1.54) is 34.3 Å². The number of allylic oxidation sites excluding steroid dienone is 1. The molecular formula is C28H36N6O5. The van der Waals surface area contributed by atoms with E-state index in [0.717, 1.165) is 23.1 Å². The van der Waals surface area contributed by atoms with Gasteiger partial charge < -0.3 is 29.8 Å². The quantitative estimate of drug-likeness (QED) is 0.322. The van der Waals surface area contributed by atoms with Gasteiger partial charge in [0, 0.05) is 32.2 Å². The van der Waals surface area contributed by atoms with Crippen LogP contribution in [0.25, 0.3) is 11.0 Å². The van der Waals surface area contributed by atoms with E-state index in [1.54, 1.807) is 38.6 Å². The third kappa shape index (κ3) is 8.03. The van der Waals surface area contributed by atoms with Gasteiger partial charge >= 0.3 is 6.09 Å². The van der Waals surface area contributed by atoms with Gasteiger partial charge in [0.05, 0.1) is 24.7 Å². The molecule has 0 fully saturated rings. The van der Waals surface area contributed by atoms with Gasteiger partial charge in [0.15, 0.2) is 0 Å². The number of hydrogen-bond donors (Lipinski definition) is 3. The smallest absolute Gasteiger partial charge is 0.407 e. The fourth-order valence-corrected chi connectivity index (χ4v) is 4.06. The Morgan fingerprint density at radius 3 is 2.69 bits per heavy atom. The molecule has 0 aliphatic heterocycles. The van der Waals surface area contributed by atoms with Crippen LogP contribution in [-0.4, -0.2) is 64.6 Å². The van der Waals surface area contributed by atoms with Crippen molar-refractivity contribution in [1.82, 2.24) is 24.8 Å². The maximum atomic E-state index is 13.2. The highest BCUT2D eigenvalue weighted by Gasteiger charge is 2.22. The zero-order valence-electron chi connectivity index (χ0n) is 23.0. The largest absolute Gasteiger partial charge is 0.453 e. The lowest BCUT2D eigenvalue weighted by atomic mass is 10.0. The topological polar surface area (TPSA) is 138 Å². The van der Waals surface area contributed by atoms with Crippen LogP contribution < -0.4 is 16.2 Å². The third-order valence-electron chi connectivity index (χ3n) is 6.03. The molecule has 3 heterocycles. The summed E-state index contributed by atoms with van der Waals surface area (Å²) in [6, 6.07) is 6.11. The molecule has 3 amide bonds. The van der Waals surface area contributed by atoms with E-state index in [9.17, 15) is 19.2 Å². The Hall–Kier alpha value is -4.41. The second-order valence-corrected chi connectivity index (χ2v) is 9.87. The van der Waals surface area contributed by atoms with Gasteiger partial charge in [-0.15, -0.1) is 0 Å². The van der Waals surface area contributed by atoms with Crippen molar-refractivity contribution < 1.29 is 19.1 Å². The Kier molecular flexibility index (Phi) is 10.0. The Labute approximate surface area is 227 Å². The summed E-state index contributed by atoms with van der Waals surface area (Å²) in [6.07, 6.45) is 7.11. The van der Waals surface area contributed by atoms with Crippen LogP contribution in [0.3, 0.4) is 0 Å². The lowest BCUT2D eigenvalue weighted by Crippen LogP contribution is -2.44. The number of anilines is 1. The minimum absolute atomic E-state index is 0.0761. The molecule has 0 bridgehead atoms. The highest BCUT2D eigenvalue weighted by molar-refractivity contribution is 5.96. The summed E-state index contributed by atoms with van der Waals surface area (Å²) in [5.41, 5.74) is 3.44. The van der Waals surface area contributed by atoms with Crippen molar-refractivity contribution in [3.8, 4) is 0 Å². The number of ether oxygens (including phenoxy) is 1. The maximum Gasteiger partial charge on any atom is 0.407 e. The zero-order valence-corrected chi connectivity index (χ0v) is 23.0. The minimum Gasteiger partial charge on any atom is -0.453 e. The summed E-state index contributed by atoms with van der Waals surface area (Å²) < 4.78 is 6.12. The lowest BCUT2D eigenvalue weighted by molar-refractivity contribution is -0.123. The van der Waals surface area contributed by atoms with E-state index >= 15 is 0 Å². The van der Waals surface area contributed by atoms with Gasteiger partial charge in [-0.2, -0.15) is 0 Å². The Morgan fingerprint density at radius 1 is 1.23 bits per heavy atom. The van der Waals surface area contributed by atoms with E-state index in [0.29, 0.717) is 12.3 Å². The van der Waals surface area contributed by atoms with Crippen LogP contribution in [0.2, 0.25) is 0 Å². The van der Waals surface area contributed by atoms with Crippen molar-refractivity contribution in [3.05, 3.63) is 70.4 Å². The highest BCUT2D eigenvalue weighted by atomic mass is 16.5. The molecule has 208 valence electrons. The molecule has 0 aliphatic rings. The summed E-state index contributed by atoms with van der Waals surface area (Å²) in [5, 5.41) is 5.11. The van der Waals surface area contributed by atoms with Crippen molar-refractivity contribution in [2.24, 2.45) is 5.92 Å². The van der Waals surface area contributed by atoms with Crippen LogP contribution in [0.1, 0.15) is 37.9 Å². The molecule has 3 aromatic heterocycles. The van der Waals surface area contributed by atoms with Gasteiger partial charge in [-0.05, 0) is 61.1 Å². The number of rotatable bonds is 11. The normalized spacial score (nSPS) is 12.1. The third-order valence-corrected chi connectivity index (χ3v) is 6.03. The number of nitrogens with zero attached hydrogens (tertiary/aromatic N) is 3. The minimum atomic E-state index is -0.983. The number of methoxy groups -OCH3 is 1. The molecule has 0 radical (unpaired) electrons. The van der Waals surface area contributed by atoms with E-state index < -0.39 is 23.6 Å². The number of alkyl carbamates (subject to hydrolysis) is 1. The molecule has 3 rings (SSSR count). The average Bonchev–Trinajstić information content (AvgIpc) is 3.31. The number of pyridine rings is 2. The number of likely N-dealkylation sites (N-methyl/N-ethyl adjacent to an activating group) is 1. The molecule has 1 atom stereocenters. The fraction of sp³-hybridized carbons (Fsp3) is 0.393. The van der Waals surface area contributed by atoms with Gasteiger partial charge in [-0.25, -0.2) is 4.79 Å². The molecule has 0 spiro atoms. The molecule has 1 unspecified atom stereocenters. The van der Waals surface area contributed by atoms with E-state index in [2.05, 4.69) is 39.2 Å². The number of nitrogens with one attached hydrogen (secondary N) is 3. The average molecular weight is 537 g/mol. The predicted molar refractivity (Wildman–Crippen MR) is 149 cm³/mol. The molecular weight excluding hydrogens is 500 g/mol. The summed E-state index contributed by atoms with van der Waals surface area (Å²) >= 11 is 0. The van der Waals surface area contributed by atoms with Gasteiger partial charge in [0.2, 0.25) is 11.8 Å². The highest BCUT2D eigenvalue weighted by Crippen LogP contribution is 2.20. The summed E-state index contributed by atoms with van der Waals surface area (Å²) in [5.74, 6) is -0.279. The van der Waals surface area contributed by atoms with Crippen LogP contribution in [0.4, 0.5) is 10.5 Å². The molecule has 11 heteroatoms. The second-order valence-electron chi connectivity index (χ2n) is 9.87. The number of carbonyl (C=O) groups excluding carboxylic acids is 3. The fourth-order valence-electron chi connectivity index (χ4n) is 4.06. The van der Waals surface area contributed by atoms with Crippen LogP contribution in [0.5, 0.6) is 0 Å². The van der Waals surface area contributed by atoms with Crippen molar-refractivity contribution >= 4 is 34.6 Å². The van der Waals surface area contributed by atoms with Crippen LogP contribution in [0, 0.1) is 5.92 Å². The van der Waals surface area contributed by atoms with Gasteiger partial charge in [0.1, 0.15) is 11.7 Å². The van der Waals surface area contributed by atoms with E-state index in [1.807, 2.05) is 12.1 Å². The van der Waals surface area contributed by atoms with E-state index in [-0.39, 0.29) is 24.6 Å². The number of amides is 3. The number of fused-ring (bicyclic) bond motifs is 1.